The number of aryl methyl sites for hydroxylation is 2. The highest BCUT2D eigenvalue weighted by Gasteiger charge is 2.13. The Morgan fingerprint density at radius 3 is 2.32 bits per heavy atom. The Kier molecular flexibility index (Phi) is 4.92. The second-order valence-corrected chi connectivity index (χ2v) is 6.46. The molecule has 1 aromatic rings. The maximum Gasteiger partial charge on any atom is 0.209 e. The van der Waals surface area contributed by atoms with E-state index in [9.17, 15) is 8.42 Å². The zero-order valence-electron chi connectivity index (χ0n) is 11.3. The van der Waals surface area contributed by atoms with Crippen molar-refractivity contribution >= 4 is 10.0 Å². The molecule has 0 fully saturated rings. The minimum absolute atomic E-state index is 0.110. The number of primary sulfonamides is 1. The van der Waals surface area contributed by atoms with Crippen LogP contribution in [0.4, 0.5) is 0 Å². The Labute approximate surface area is 114 Å². The highest BCUT2D eigenvalue weighted by atomic mass is 32.2. The van der Waals surface area contributed by atoms with Crippen LogP contribution < -0.4 is 9.88 Å². The van der Waals surface area contributed by atoms with Crippen LogP contribution in [0, 0.1) is 31.1 Å². The van der Waals surface area contributed by atoms with Gasteiger partial charge in [0.25, 0.3) is 0 Å². The first kappa shape index (κ1) is 15.5. The third-order valence-corrected chi connectivity index (χ3v) is 3.65. The minimum Gasteiger partial charge on any atom is -0.493 e. The van der Waals surface area contributed by atoms with Crippen LogP contribution in [0.5, 0.6) is 5.75 Å². The van der Waals surface area contributed by atoms with Crippen LogP contribution in [0.3, 0.4) is 0 Å². The second-order valence-electron chi connectivity index (χ2n) is 4.80. The van der Waals surface area contributed by atoms with E-state index in [-0.39, 0.29) is 18.3 Å². The van der Waals surface area contributed by atoms with E-state index in [2.05, 4.69) is 6.07 Å². The first-order chi connectivity index (χ1) is 8.73. The zero-order chi connectivity index (χ0) is 14.6. The van der Waals surface area contributed by atoms with Gasteiger partial charge in [-0.05, 0) is 37.1 Å². The normalized spacial score (nSPS) is 12.8. The molecule has 1 atom stereocenters. The van der Waals surface area contributed by atoms with E-state index < -0.39 is 10.0 Å². The predicted octanol–water partition coefficient (Wildman–Crippen LogP) is 1.48. The molecule has 0 aliphatic rings. The van der Waals surface area contributed by atoms with Gasteiger partial charge in [-0.1, -0.05) is 6.92 Å². The summed E-state index contributed by atoms with van der Waals surface area (Å²) in [5.74, 6) is 0.395. The molecule has 1 unspecified atom stereocenters. The molecular formula is C13H18N2O3S. The summed E-state index contributed by atoms with van der Waals surface area (Å²) in [6.45, 7) is 5.74. The van der Waals surface area contributed by atoms with Crippen molar-refractivity contribution in [1.82, 2.24) is 0 Å². The summed E-state index contributed by atoms with van der Waals surface area (Å²) < 4.78 is 27.6. The third kappa shape index (κ3) is 4.89. The fourth-order valence-electron chi connectivity index (χ4n) is 1.91. The molecule has 0 bridgehead atoms. The summed E-state index contributed by atoms with van der Waals surface area (Å²) in [6, 6.07) is 5.57. The summed E-state index contributed by atoms with van der Waals surface area (Å²) >= 11 is 0. The molecule has 19 heavy (non-hydrogen) atoms. The number of hydrogen-bond donors (Lipinski definition) is 1. The van der Waals surface area contributed by atoms with Gasteiger partial charge in [-0.2, -0.15) is 5.26 Å². The van der Waals surface area contributed by atoms with Crippen molar-refractivity contribution in [1.29, 1.82) is 5.26 Å². The standard InChI is InChI=1S/C13H18N2O3S/c1-9(8-19(15,16)17)7-18-13-10(2)4-12(6-14)5-11(13)3/h4-5,9H,7-8H2,1-3H3,(H2,15,16,17). The SMILES string of the molecule is Cc1cc(C#N)cc(C)c1OCC(C)CS(N)(=O)=O. The minimum atomic E-state index is -3.48. The highest BCUT2D eigenvalue weighted by Crippen LogP contribution is 2.25. The number of sulfonamides is 1. The van der Waals surface area contributed by atoms with Crippen molar-refractivity contribution in [3.05, 3.63) is 28.8 Å². The molecule has 6 heteroatoms. The number of nitriles is 1. The predicted molar refractivity (Wildman–Crippen MR) is 73.3 cm³/mol. The van der Waals surface area contributed by atoms with Gasteiger partial charge in [0.05, 0.1) is 24.0 Å². The van der Waals surface area contributed by atoms with Gasteiger partial charge in [0.15, 0.2) is 0 Å². The average Bonchev–Trinajstić information content (AvgIpc) is 2.25. The van der Waals surface area contributed by atoms with Crippen LogP contribution in [0.15, 0.2) is 12.1 Å². The summed E-state index contributed by atoms with van der Waals surface area (Å²) in [5.41, 5.74) is 2.30. The van der Waals surface area contributed by atoms with Crippen molar-refractivity contribution in [2.75, 3.05) is 12.4 Å². The monoisotopic (exact) mass is 282 g/mol. The molecule has 0 radical (unpaired) electrons. The van der Waals surface area contributed by atoms with E-state index in [1.54, 1.807) is 19.1 Å². The van der Waals surface area contributed by atoms with Crippen LogP contribution in [0.1, 0.15) is 23.6 Å². The molecule has 0 heterocycles. The number of rotatable bonds is 5. The van der Waals surface area contributed by atoms with E-state index in [1.807, 2.05) is 13.8 Å². The smallest absolute Gasteiger partial charge is 0.209 e. The first-order valence-electron chi connectivity index (χ1n) is 5.87. The molecule has 0 aliphatic carbocycles. The molecule has 0 saturated heterocycles. The van der Waals surface area contributed by atoms with Gasteiger partial charge < -0.3 is 4.74 Å². The molecule has 1 aromatic carbocycles. The summed E-state index contributed by atoms with van der Waals surface area (Å²) in [7, 11) is -3.48. The molecule has 0 spiro atoms. The van der Waals surface area contributed by atoms with E-state index in [1.165, 1.54) is 0 Å². The molecule has 5 nitrogen and oxygen atoms in total. The Hall–Kier alpha value is -1.58. The van der Waals surface area contributed by atoms with Gasteiger partial charge in [0.1, 0.15) is 5.75 Å². The molecule has 104 valence electrons. The van der Waals surface area contributed by atoms with Crippen LogP contribution in [-0.2, 0) is 10.0 Å². The van der Waals surface area contributed by atoms with E-state index in [4.69, 9.17) is 15.1 Å². The van der Waals surface area contributed by atoms with Gasteiger partial charge in [-0.25, -0.2) is 13.6 Å². The van der Waals surface area contributed by atoms with Gasteiger partial charge >= 0.3 is 0 Å². The second kappa shape index (κ2) is 6.04. The number of benzene rings is 1. The number of nitrogens with zero attached hydrogens (tertiary/aromatic N) is 1. The maximum absolute atomic E-state index is 11.0. The highest BCUT2D eigenvalue weighted by molar-refractivity contribution is 7.89. The molecular weight excluding hydrogens is 264 g/mol. The number of nitrogens with two attached hydrogens (primary N) is 1. The molecule has 0 aromatic heterocycles. The summed E-state index contributed by atoms with van der Waals surface area (Å²) in [6.07, 6.45) is 0. The lowest BCUT2D eigenvalue weighted by Crippen LogP contribution is -2.25. The Balaban J connectivity index is 2.77. The fraction of sp³-hybridized carbons (Fsp3) is 0.462. The van der Waals surface area contributed by atoms with Crippen molar-refractivity contribution in [2.24, 2.45) is 11.1 Å². The Bertz CT molecular complexity index is 580. The number of ether oxygens (including phenoxy) is 1. The molecule has 1 rings (SSSR count). The summed E-state index contributed by atoms with van der Waals surface area (Å²) in [5, 5.41) is 13.8. The molecule has 0 saturated carbocycles. The largest absolute Gasteiger partial charge is 0.493 e. The van der Waals surface area contributed by atoms with Crippen molar-refractivity contribution in [2.45, 2.75) is 20.8 Å². The van der Waals surface area contributed by atoms with E-state index in [0.29, 0.717) is 11.3 Å². The topological polar surface area (TPSA) is 93.2 Å². The van der Waals surface area contributed by atoms with Crippen LogP contribution >= 0.6 is 0 Å². The Morgan fingerprint density at radius 1 is 1.37 bits per heavy atom. The lowest BCUT2D eigenvalue weighted by molar-refractivity contribution is 0.268. The third-order valence-electron chi connectivity index (χ3n) is 2.62. The van der Waals surface area contributed by atoms with Gasteiger partial charge in [0, 0.05) is 5.92 Å². The Morgan fingerprint density at radius 2 is 1.89 bits per heavy atom. The van der Waals surface area contributed by atoms with Gasteiger partial charge in [0.2, 0.25) is 10.0 Å². The van der Waals surface area contributed by atoms with Crippen LogP contribution in [0.25, 0.3) is 0 Å². The fourth-order valence-corrected chi connectivity index (χ4v) is 2.80. The van der Waals surface area contributed by atoms with Crippen LogP contribution in [0.2, 0.25) is 0 Å². The lowest BCUT2D eigenvalue weighted by atomic mass is 10.1. The zero-order valence-corrected chi connectivity index (χ0v) is 12.1. The van der Waals surface area contributed by atoms with Crippen molar-refractivity contribution < 1.29 is 13.2 Å². The van der Waals surface area contributed by atoms with Crippen molar-refractivity contribution in [3.8, 4) is 11.8 Å². The van der Waals surface area contributed by atoms with Crippen molar-refractivity contribution in [3.63, 3.8) is 0 Å². The molecule has 2 N–H and O–H groups in total. The lowest BCUT2D eigenvalue weighted by Gasteiger charge is -2.15. The first-order valence-corrected chi connectivity index (χ1v) is 7.59. The number of hydrogen-bond acceptors (Lipinski definition) is 4. The van der Waals surface area contributed by atoms with Gasteiger partial charge in [-0.15, -0.1) is 0 Å². The average molecular weight is 282 g/mol. The van der Waals surface area contributed by atoms with Gasteiger partial charge in [-0.3, -0.25) is 0 Å². The van der Waals surface area contributed by atoms with Crippen LogP contribution in [-0.4, -0.2) is 20.8 Å². The summed E-state index contributed by atoms with van der Waals surface area (Å²) in [4.78, 5) is 0. The van der Waals surface area contributed by atoms with E-state index >= 15 is 0 Å². The molecule has 0 amide bonds. The molecule has 0 aliphatic heterocycles. The quantitative estimate of drug-likeness (QED) is 0.885. The van der Waals surface area contributed by atoms with E-state index in [0.717, 1.165) is 11.1 Å². The maximum atomic E-state index is 11.0.